The fourth-order valence-electron chi connectivity index (χ4n) is 3.08. The van der Waals surface area contributed by atoms with Crippen LogP contribution in [-0.2, 0) is 4.79 Å². The Morgan fingerprint density at radius 1 is 1.11 bits per heavy atom. The molecule has 1 aromatic heterocycles. The Morgan fingerprint density at radius 3 is 2.43 bits per heavy atom. The first-order chi connectivity index (χ1) is 13.4. The number of para-hydroxylation sites is 1. The molecule has 0 radical (unpaired) electrons. The Kier molecular flexibility index (Phi) is 5.67. The van der Waals surface area contributed by atoms with Crippen LogP contribution in [0, 0.1) is 32.1 Å². The molecule has 1 N–H and O–H groups in total. The smallest absolute Gasteiger partial charge is 0.266 e. The van der Waals surface area contributed by atoms with Crippen LogP contribution in [0.1, 0.15) is 22.5 Å². The van der Waals surface area contributed by atoms with Crippen LogP contribution in [0.3, 0.4) is 0 Å². The maximum absolute atomic E-state index is 12.5. The van der Waals surface area contributed by atoms with Gasteiger partial charge in [-0.15, -0.1) is 0 Å². The molecule has 0 aliphatic rings. The topological polar surface area (TPSA) is 57.8 Å². The molecule has 3 aromatic rings. The Bertz CT molecular complexity index is 1100. The van der Waals surface area contributed by atoms with Crippen molar-refractivity contribution in [3.63, 3.8) is 0 Å². The summed E-state index contributed by atoms with van der Waals surface area (Å²) in [5.41, 5.74) is 5.32. The molecule has 0 saturated heterocycles. The lowest BCUT2D eigenvalue weighted by atomic mass is 10.1. The predicted octanol–water partition coefficient (Wildman–Crippen LogP) is 5.60. The van der Waals surface area contributed by atoms with Crippen LogP contribution in [0.25, 0.3) is 11.8 Å². The highest BCUT2D eigenvalue weighted by Gasteiger charge is 2.15. The fourth-order valence-corrected chi connectivity index (χ4v) is 3.30. The van der Waals surface area contributed by atoms with Gasteiger partial charge < -0.3 is 9.88 Å². The van der Waals surface area contributed by atoms with Gasteiger partial charge >= 0.3 is 0 Å². The lowest BCUT2D eigenvalue weighted by Crippen LogP contribution is -2.13. The van der Waals surface area contributed by atoms with E-state index in [1.165, 1.54) is 0 Å². The number of halogens is 1. The number of hydrogen-bond acceptors (Lipinski definition) is 2. The Morgan fingerprint density at radius 2 is 1.79 bits per heavy atom. The van der Waals surface area contributed by atoms with E-state index in [4.69, 9.17) is 11.6 Å². The van der Waals surface area contributed by atoms with E-state index in [-0.39, 0.29) is 5.57 Å². The summed E-state index contributed by atoms with van der Waals surface area (Å²) in [5.74, 6) is -0.436. The van der Waals surface area contributed by atoms with Gasteiger partial charge in [-0.3, -0.25) is 4.79 Å². The van der Waals surface area contributed by atoms with Crippen LogP contribution < -0.4 is 5.32 Å². The number of nitriles is 1. The van der Waals surface area contributed by atoms with Gasteiger partial charge in [0, 0.05) is 17.1 Å². The van der Waals surface area contributed by atoms with Crippen molar-refractivity contribution in [2.24, 2.45) is 0 Å². The van der Waals surface area contributed by atoms with Crippen molar-refractivity contribution in [1.82, 2.24) is 4.57 Å². The van der Waals surface area contributed by atoms with Gasteiger partial charge in [0.25, 0.3) is 5.91 Å². The molecule has 4 nitrogen and oxygen atoms in total. The third-order valence-electron chi connectivity index (χ3n) is 4.54. The third kappa shape index (κ3) is 4.00. The first kappa shape index (κ1) is 19.5. The minimum absolute atomic E-state index is 0.0417. The zero-order chi connectivity index (χ0) is 20.3. The summed E-state index contributed by atoms with van der Waals surface area (Å²) in [6.07, 6.45) is 1.61. The second kappa shape index (κ2) is 8.16. The highest BCUT2D eigenvalue weighted by Crippen LogP contribution is 2.27. The highest BCUT2D eigenvalue weighted by molar-refractivity contribution is 6.32. The number of nitrogens with one attached hydrogen (secondary N) is 1. The lowest BCUT2D eigenvalue weighted by molar-refractivity contribution is -0.112. The molecule has 0 saturated carbocycles. The van der Waals surface area contributed by atoms with Crippen LogP contribution in [0.2, 0.25) is 5.02 Å². The molecule has 0 spiro atoms. The summed E-state index contributed by atoms with van der Waals surface area (Å²) in [7, 11) is 0. The average Bonchev–Trinajstić information content (AvgIpc) is 2.95. The predicted molar refractivity (Wildman–Crippen MR) is 114 cm³/mol. The van der Waals surface area contributed by atoms with E-state index in [9.17, 15) is 10.1 Å². The minimum Gasteiger partial charge on any atom is -0.321 e. The van der Waals surface area contributed by atoms with Gasteiger partial charge in [-0.2, -0.15) is 5.26 Å². The molecule has 140 valence electrons. The van der Waals surface area contributed by atoms with Crippen molar-refractivity contribution in [1.29, 1.82) is 5.26 Å². The van der Waals surface area contributed by atoms with Gasteiger partial charge in [0.05, 0.1) is 10.7 Å². The third-order valence-corrected chi connectivity index (χ3v) is 4.86. The van der Waals surface area contributed by atoms with Crippen molar-refractivity contribution in [3.8, 4) is 11.8 Å². The van der Waals surface area contributed by atoms with Gasteiger partial charge in [0.15, 0.2) is 0 Å². The number of hydrogen-bond donors (Lipinski definition) is 1. The molecular weight excluding hydrogens is 370 g/mol. The molecular formula is C23H20ClN3O. The zero-order valence-electron chi connectivity index (χ0n) is 16.0. The van der Waals surface area contributed by atoms with Crippen molar-refractivity contribution >= 4 is 29.3 Å². The van der Waals surface area contributed by atoms with Crippen LogP contribution in [-0.4, -0.2) is 10.5 Å². The molecule has 0 atom stereocenters. The number of anilines is 1. The Balaban J connectivity index is 1.94. The molecule has 0 fully saturated rings. The highest BCUT2D eigenvalue weighted by atomic mass is 35.5. The summed E-state index contributed by atoms with van der Waals surface area (Å²) in [5, 5.41) is 12.9. The molecule has 3 rings (SSSR count). The number of carbonyl (C=O) groups excluding carboxylic acids is 1. The van der Waals surface area contributed by atoms with Gasteiger partial charge in [-0.25, -0.2) is 0 Å². The second-order valence-electron chi connectivity index (χ2n) is 6.60. The minimum atomic E-state index is -0.436. The standard InChI is InChI=1S/C23H20ClN3O/c1-15-8-10-20(11-9-15)26-23(28)19(14-25)13-18-12-16(2)27(17(18)3)22-7-5-4-6-21(22)24/h4-13H,1-3H3,(H,26,28)/b19-13-. The van der Waals surface area contributed by atoms with E-state index in [1.807, 2.05) is 86.0 Å². The van der Waals surface area contributed by atoms with E-state index < -0.39 is 5.91 Å². The average molecular weight is 390 g/mol. The maximum Gasteiger partial charge on any atom is 0.266 e. The Labute approximate surface area is 169 Å². The number of aromatic nitrogens is 1. The molecule has 0 unspecified atom stereocenters. The molecule has 28 heavy (non-hydrogen) atoms. The van der Waals surface area contributed by atoms with Gasteiger partial charge in [0.1, 0.15) is 11.6 Å². The Hall–Kier alpha value is -3.29. The normalized spacial score (nSPS) is 11.2. The number of rotatable bonds is 4. The summed E-state index contributed by atoms with van der Waals surface area (Å²) in [6.45, 7) is 5.88. The van der Waals surface area contributed by atoms with Crippen molar-refractivity contribution in [2.75, 3.05) is 5.32 Å². The molecule has 5 heteroatoms. The molecule has 2 aromatic carbocycles. The molecule has 0 bridgehead atoms. The van der Waals surface area contributed by atoms with Crippen LogP contribution >= 0.6 is 11.6 Å². The molecule has 0 aliphatic carbocycles. The maximum atomic E-state index is 12.5. The molecule has 0 aliphatic heterocycles. The van der Waals surface area contributed by atoms with Crippen molar-refractivity contribution in [3.05, 3.63) is 87.7 Å². The van der Waals surface area contributed by atoms with Crippen LogP contribution in [0.15, 0.2) is 60.2 Å². The van der Waals surface area contributed by atoms with E-state index in [0.717, 1.165) is 28.2 Å². The van der Waals surface area contributed by atoms with E-state index in [0.29, 0.717) is 10.7 Å². The summed E-state index contributed by atoms with van der Waals surface area (Å²) >= 11 is 6.34. The van der Waals surface area contributed by atoms with E-state index >= 15 is 0 Å². The number of carbonyl (C=O) groups is 1. The second-order valence-corrected chi connectivity index (χ2v) is 7.01. The largest absolute Gasteiger partial charge is 0.321 e. The first-order valence-electron chi connectivity index (χ1n) is 8.84. The van der Waals surface area contributed by atoms with E-state index in [2.05, 4.69) is 5.32 Å². The summed E-state index contributed by atoms with van der Waals surface area (Å²) in [4.78, 5) is 12.5. The van der Waals surface area contributed by atoms with E-state index in [1.54, 1.807) is 6.08 Å². The fraction of sp³-hybridized carbons (Fsp3) is 0.130. The summed E-state index contributed by atoms with van der Waals surface area (Å²) < 4.78 is 2.01. The van der Waals surface area contributed by atoms with Crippen molar-refractivity contribution in [2.45, 2.75) is 20.8 Å². The SMILES string of the molecule is Cc1ccc(NC(=O)/C(C#N)=C\c2cc(C)n(-c3ccccc3Cl)c2C)cc1. The van der Waals surface area contributed by atoms with Gasteiger partial charge in [0.2, 0.25) is 0 Å². The van der Waals surface area contributed by atoms with Crippen LogP contribution in [0.4, 0.5) is 5.69 Å². The van der Waals surface area contributed by atoms with Gasteiger partial charge in [-0.1, -0.05) is 41.4 Å². The quantitative estimate of drug-likeness (QED) is 0.466. The zero-order valence-corrected chi connectivity index (χ0v) is 16.7. The number of amides is 1. The van der Waals surface area contributed by atoms with Crippen LogP contribution in [0.5, 0.6) is 0 Å². The first-order valence-corrected chi connectivity index (χ1v) is 9.22. The number of benzene rings is 2. The monoisotopic (exact) mass is 389 g/mol. The van der Waals surface area contributed by atoms with Crippen molar-refractivity contribution < 1.29 is 4.79 Å². The number of nitrogens with zero attached hydrogens (tertiary/aromatic N) is 2. The summed E-state index contributed by atoms with van der Waals surface area (Å²) in [6, 6.07) is 18.9. The number of aryl methyl sites for hydroxylation is 2. The molecule has 1 heterocycles. The van der Waals surface area contributed by atoms with Gasteiger partial charge in [-0.05, 0) is 62.7 Å². The lowest BCUT2D eigenvalue weighted by Gasteiger charge is -2.11. The molecule has 1 amide bonds.